The highest BCUT2D eigenvalue weighted by Gasteiger charge is 2.18. The molecule has 1 amide bonds. The third kappa shape index (κ3) is 5.07. The largest absolute Gasteiger partial charge is 0.465 e. The quantitative estimate of drug-likeness (QED) is 0.566. The van der Waals surface area contributed by atoms with E-state index in [1.807, 2.05) is 49.4 Å². The van der Waals surface area contributed by atoms with Gasteiger partial charge in [-0.2, -0.15) is 0 Å². The van der Waals surface area contributed by atoms with Gasteiger partial charge in [-0.05, 0) is 41.5 Å². The van der Waals surface area contributed by atoms with Gasteiger partial charge in [0.2, 0.25) is 5.91 Å². The molecule has 1 atom stereocenters. The highest BCUT2D eigenvalue weighted by Crippen LogP contribution is 2.24. The predicted molar refractivity (Wildman–Crippen MR) is 118 cm³/mol. The van der Waals surface area contributed by atoms with Crippen molar-refractivity contribution in [2.24, 2.45) is 0 Å². The number of carbonyl (C=O) groups is 3. The molecule has 0 aliphatic rings. The molecule has 7 nitrogen and oxygen atoms in total. The van der Waals surface area contributed by atoms with Crippen molar-refractivity contribution in [2.45, 2.75) is 13.0 Å². The number of amides is 1. The fourth-order valence-electron chi connectivity index (χ4n) is 3.36. The Labute approximate surface area is 180 Å². The van der Waals surface area contributed by atoms with Crippen molar-refractivity contribution < 1.29 is 23.9 Å². The molecule has 0 saturated heterocycles. The molecule has 0 aliphatic heterocycles. The number of methoxy groups -OCH3 is 2. The van der Waals surface area contributed by atoms with Crippen LogP contribution in [-0.2, 0) is 14.3 Å². The first kappa shape index (κ1) is 22.0. The molecule has 2 N–H and O–H groups in total. The van der Waals surface area contributed by atoms with Gasteiger partial charge in [-0.25, -0.2) is 9.59 Å². The van der Waals surface area contributed by atoms with Crippen molar-refractivity contribution in [3.63, 3.8) is 0 Å². The summed E-state index contributed by atoms with van der Waals surface area (Å²) in [7, 11) is 2.50. The standard InChI is InChI=1S/C24H24N2O5/c1-15(18-10-6-8-16-7-4-5-9-19(16)18)25-14-22(27)26-21-13-17(23(28)30-2)11-12-20(21)24(29)31-3/h4-13,15,25H,14H2,1-3H3,(H,26,27)/t15-/m0/s1. The van der Waals surface area contributed by atoms with Gasteiger partial charge in [0.05, 0.1) is 37.6 Å². The lowest BCUT2D eigenvalue weighted by Gasteiger charge is -2.17. The van der Waals surface area contributed by atoms with Gasteiger partial charge in [0, 0.05) is 6.04 Å². The number of carbonyl (C=O) groups excluding carboxylic acids is 3. The van der Waals surface area contributed by atoms with E-state index in [-0.39, 0.29) is 35.3 Å². The third-order valence-corrected chi connectivity index (χ3v) is 4.98. The summed E-state index contributed by atoms with van der Waals surface area (Å²) in [6.07, 6.45) is 0. The maximum atomic E-state index is 12.6. The van der Waals surface area contributed by atoms with Crippen LogP contribution in [0.4, 0.5) is 5.69 Å². The van der Waals surface area contributed by atoms with E-state index in [2.05, 4.69) is 10.6 Å². The molecule has 0 spiro atoms. The smallest absolute Gasteiger partial charge is 0.339 e. The van der Waals surface area contributed by atoms with Crippen LogP contribution in [0.2, 0.25) is 0 Å². The average Bonchev–Trinajstić information content (AvgIpc) is 2.81. The van der Waals surface area contributed by atoms with Crippen molar-refractivity contribution >= 4 is 34.3 Å². The van der Waals surface area contributed by atoms with Crippen LogP contribution < -0.4 is 10.6 Å². The Balaban J connectivity index is 1.74. The van der Waals surface area contributed by atoms with Gasteiger partial charge in [-0.15, -0.1) is 0 Å². The number of nitrogens with one attached hydrogen (secondary N) is 2. The lowest BCUT2D eigenvalue weighted by Crippen LogP contribution is -2.30. The summed E-state index contributed by atoms with van der Waals surface area (Å²) in [5, 5.41) is 8.12. The second-order valence-corrected chi connectivity index (χ2v) is 6.96. The van der Waals surface area contributed by atoms with Crippen LogP contribution in [0.25, 0.3) is 10.8 Å². The van der Waals surface area contributed by atoms with E-state index in [1.165, 1.54) is 32.4 Å². The van der Waals surface area contributed by atoms with Crippen LogP contribution >= 0.6 is 0 Å². The Morgan fingerprint density at radius 1 is 0.903 bits per heavy atom. The summed E-state index contributed by atoms with van der Waals surface area (Å²) in [5.41, 5.74) is 1.61. The Bertz CT molecular complexity index is 1120. The van der Waals surface area contributed by atoms with E-state index < -0.39 is 11.9 Å². The van der Waals surface area contributed by atoms with E-state index in [4.69, 9.17) is 9.47 Å². The molecule has 0 unspecified atom stereocenters. The molecule has 7 heteroatoms. The normalized spacial score (nSPS) is 11.6. The Kier molecular flexibility index (Phi) is 6.99. The molecule has 0 saturated carbocycles. The van der Waals surface area contributed by atoms with Crippen molar-refractivity contribution in [1.29, 1.82) is 0 Å². The fourth-order valence-corrected chi connectivity index (χ4v) is 3.36. The summed E-state index contributed by atoms with van der Waals surface area (Å²) in [6.45, 7) is 1.99. The number of anilines is 1. The maximum absolute atomic E-state index is 12.6. The van der Waals surface area contributed by atoms with E-state index in [0.717, 1.165) is 16.3 Å². The molecular formula is C24H24N2O5. The minimum Gasteiger partial charge on any atom is -0.465 e. The first-order valence-electron chi connectivity index (χ1n) is 9.76. The highest BCUT2D eigenvalue weighted by atomic mass is 16.5. The molecule has 31 heavy (non-hydrogen) atoms. The zero-order chi connectivity index (χ0) is 22.4. The van der Waals surface area contributed by atoms with Crippen LogP contribution in [0.5, 0.6) is 0 Å². The Hall–Kier alpha value is -3.71. The monoisotopic (exact) mass is 420 g/mol. The van der Waals surface area contributed by atoms with Gasteiger partial charge < -0.3 is 20.1 Å². The molecular weight excluding hydrogens is 396 g/mol. The molecule has 0 heterocycles. The number of hydrogen-bond acceptors (Lipinski definition) is 6. The van der Waals surface area contributed by atoms with Gasteiger partial charge in [-0.1, -0.05) is 42.5 Å². The van der Waals surface area contributed by atoms with Gasteiger partial charge in [0.25, 0.3) is 0 Å². The second kappa shape index (κ2) is 9.86. The molecule has 3 aromatic rings. The Morgan fingerprint density at radius 2 is 1.61 bits per heavy atom. The summed E-state index contributed by atoms with van der Waals surface area (Å²) < 4.78 is 9.47. The highest BCUT2D eigenvalue weighted by molar-refractivity contribution is 6.04. The van der Waals surface area contributed by atoms with Crippen molar-refractivity contribution in [3.8, 4) is 0 Å². The lowest BCUT2D eigenvalue weighted by molar-refractivity contribution is -0.115. The average molecular weight is 420 g/mol. The van der Waals surface area contributed by atoms with Crippen LogP contribution in [0, 0.1) is 0 Å². The number of fused-ring (bicyclic) bond motifs is 1. The van der Waals surface area contributed by atoms with Crippen molar-refractivity contribution in [1.82, 2.24) is 5.32 Å². The second-order valence-electron chi connectivity index (χ2n) is 6.96. The fraction of sp³-hybridized carbons (Fsp3) is 0.208. The molecule has 0 aromatic heterocycles. The van der Waals surface area contributed by atoms with Gasteiger partial charge in [0.15, 0.2) is 0 Å². The maximum Gasteiger partial charge on any atom is 0.339 e. The number of rotatable bonds is 7. The summed E-state index contributed by atoms with van der Waals surface area (Å²) >= 11 is 0. The molecule has 3 aromatic carbocycles. The van der Waals surface area contributed by atoms with Crippen LogP contribution in [0.15, 0.2) is 60.7 Å². The number of esters is 2. The number of ether oxygens (including phenoxy) is 2. The van der Waals surface area contributed by atoms with Gasteiger partial charge in [0.1, 0.15) is 0 Å². The predicted octanol–water partition coefficient (Wildman–Crippen LogP) is 3.70. The van der Waals surface area contributed by atoms with Crippen LogP contribution in [0.1, 0.15) is 39.2 Å². The van der Waals surface area contributed by atoms with Crippen molar-refractivity contribution in [2.75, 3.05) is 26.1 Å². The van der Waals surface area contributed by atoms with Gasteiger partial charge >= 0.3 is 11.9 Å². The molecule has 0 fully saturated rings. The number of benzene rings is 3. The van der Waals surface area contributed by atoms with E-state index in [0.29, 0.717) is 0 Å². The first-order chi connectivity index (χ1) is 14.9. The summed E-state index contributed by atoms with van der Waals surface area (Å²) in [6, 6.07) is 18.3. The summed E-state index contributed by atoms with van der Waals surface area (Å²) in [5.74, 6) is -1.56. The minimum absolute atomic E-state index is 0.00739. The van der Waals surface area contributed by atoms with E-state index in [1.54, 1.807) is 0 Å². The van der Waals surface area contributed by atoms with E-state index >= 15 is 0 Å². The third-order valence-electron chi connectivity index (χ3n) is 4.98. The van der Waals surface area contributed by atoms with Gasteiger partial charge in [-0.3, -0.25) is 4.79 Å². The topological polar surface area (TPSA) is 93.7 Å². The SMILES string of the molecule is COC(=O)c1ccc(C(=O)OC)c(NC(=O)CN[C@@H](C)c2cccc3ccccc23)c1. The molecule has 0 bridgehead atoms. The first-order valence-corrected chi connectivity index (χ1v) is 9.76. The van der Waals surface area contributed by atoms with Crippen LogP contribution in [0.3, 0.4) is 0 Å². The molecule has 0 radical (unpaired) electrons. The molecule has 160 valence electrons. The minimum atomic E-state index is -0.621. The zero-order valence-electron chi connectivity index (χ0n) is 17.6. The van der Waals surface area contributed by atoms with Crippen LogP contribution in [-0.4, -0.2) is 38.6 Å². The van der Waals surface area contributed by atoms with E-state index in [9.17, 15) is 14.4 Å². The lowest BCUT2D eigenvalue weighted by atomic mass is 10.00. The van der Waals surface area contributed by atoms with Crippen molar-refractivity contribution in [3.05, 3.63) is 77.4 Å². The molecule has 3 rings (SSSR count). The summed E-state index contributed by atoms with van der Waals surface area (Å²) in [4.78, 5) is 36.4. The Morgan fingerprint density at radius 3 is 2.35 bits per heavy atom. The number of hydrogen-bond donors (Lipinski definition) is 2. The zero-order valence-corrected chi connectivity index (χ0v) is 17.6. The molecule has 0 aliphatic carbocycles.